The van der Waals surface area contributed by atoms with E-state index in [1.54, 1.807) is 0 Å². The molecule has 2 nitrogen and oxygen atoms in total. The van der Waals surface area contributed by atoms with E-state index in [1.165, 1.54) is 60.2 Å². The van der Waals surface area contributed by atoms with Crippen LogP contribution in [0.25, 0.3) is 38.5 Å². The second kappa shape index (κ2) is 17.0. The molecule has 0 aliphatic carbocycles. The Balaban J connectivity index is 1.28. The van der Waals surface area contributed by atoms with Crippen LogP contribution in [0.1, 0.15) is 43.9 Å². The van der Waals surface area contributed by atoms with Crippen LogP contribution in [0, 0.1) is 5.92 Å². The van der Waals surface area contributed by atoms with E-state index in [-0.39, 0.29) is 0 Å². The number of hydrogen-bond acceptors (Lipinski definition) is 0. The van der Waals surface area contributed by atoms with Gasteiger partial charge in [0.25, 0.3) is 0 Å². The third-order valence-corrected chi connectivity index (χ3v) is 10.9. The van der Waals surface area contributed by atoms with Gasteiger partial charge in [0.1, 0.15) is 5.69 Å². The predicted molar refractivity (Wildman–Crippen MR) is 233 cm³/mol. The first kappa shape index (κ1) is 36.6. The van der Waals surface area contributed by atoms with E-state index in [4.69, 9.17) is 6.58 Å². The summed E-state index contributed by atoms with van der Waals surface area (Å²) < 4.78 is 2.41. The summed E-state index contributed by atoms with van der Waals surface area (Å²) in [5.41, 5.74) is 7.30. The molecule has 0 aliphatic heterocycles. The largest absolute Gasteiger partial charge is 0.341 e. The van der Waals surface area contributed by atoms with Gasteiger partial charge in [-0.1, -0.05) is 172 Å². The van der Waals surface area contributed by atoms with Crippen LogP contribution in [0.15, 0.2) is 182 Å². The first-order valence-electron chi connectivity index (χ1n) is 19.6. The molecule has 2 N–H and O–H groups in total. The van der Waals surface area contributed by atoms with Crippen LogP contribution in [-0.4, -0.2) is 11.1 Å². The summed E-state index contributed by atoms with van der Waals surface area (Å²) in [5.74, 6) is 0.646. The van der Waals surface area contributed by atoms with E-state index in [2.05, 4.69) is 207 Å². The molecule has 0 spiro atoms. The molecule has 0 radical (unpaired) electrons. The molecule has 7 rings (SSSR count). The number of quaternary nitrogens is 1. The van der Waals surface area contributed by atoms with Crippen LogP contribution in [0.3, 0.4) is 0 Å². The molecule has 1 aromatic heterocycles. The number of aryl methyl sites for hydroxylation is 1. The molecule has 0 atom stereocenters. The number of aromatic nitrogens is 1. The molecule has 6 aromatic carbocycles. The van der Waals surface area contributed by atoms with Crippen molar-refractivity contribution in [2.45, 2.75) is 52.0 Å². The van der Waals surface area contributed by atoms with Crippen LogP contribution >= 0.6 is 0 Å². The Hall–Kier alpha value is -5.70. The predicted octanol–water partition coefficient (Wildman–Crippen LogP) is 11.4. The standard InChI is InChI=1S/C52H52N2/c1-5-54-48(46-30-19-27-44-28-20-32-49(54)50(44)46)31-16-8-6-7-11-21-40(4)52(37-41-22-12-9-13-23-41,38-42-24-14-10-15-25-42)51-45-29-18-17-26-43(45)33-34-47(51)53-36-35-39(2)3/h6-34,39,53H,4-5,35-38H2,1-3H3/p+1/b7-6+,16-8+,21-11+,48-31+. The van der Waals surface area contributed by atoms with E-state index in [0.717, 1.165) is 37.9 Å². The van der Waals surface area contributed by atoms with Gasteiger partial charge in [0.05, 0.1) is 6.54 Å². The van der Waals surface area contributed by atoms with Gasteiger partial charge >= 0.3 is 0 Å². The second-order valence-electron chi connectivity index (χ2n) is 15.0. The maximum absolute atomic E-state index is 4.93. The summed E-state index contributed by atoms with van der Waals surface area (Å²) >= 11 is 0. The van der Waals surface area contributed by atoms with Gasteiger partial charge in [0, 0.05) is 39.2 Å². The van der Waals surface area contributed by atoms with Gasteiger partial charge in [0.15, 0.2) is 0 Å². The number of benzene rings is 6. The summed E-state index contributed by atoms with van der Waals surface area (Å²) in [4.78, 5) is 0. The normalized spacial score (nSPS) is 12.9. The fourth-order valence-electron chi connectivity index (χ4n) is 8.31. The van der Waals surface area contributed by atoms with Crippen molar-refractivity contribution in [2.75, 3.05) is 6.54 Å². The van der Waals surface area contributed by atoms with Crippen LogP contribution in [0.5, 0.6) is 0 Å². The highest BCUT2D eigenvalue weighted by Gasteiger charge is 2.39. The van der Waals surface area contributed by atoms with Crippen molar-refractivity contribution in [2.24, 2.45) is 5.92 Å². The Labute approximate surface area is 321 Å². The van der Waals surface area contributed by atoms with Crippen LogP contribution in [0.4, 0.5) is 5.69 Å². The maximum atomic E-state index is 4.93. The lowest BCUT2D eigenvalue weighted by Gasteiger charge is -2.37. The molecule has 270 valence electrons. The molecule has 54 heavy (non-hydrogen) atoms. The minimum Gasteiger partial charge on any atom is -0.341 e. The topological polar surface area (TPSA) is 21.5 Å². The zero-order chi connectivity index (χ0) is 37.3. The number of hydrogen-bond donors (Lipinski definition) is 1. The molecule has 0 amide bonds. The van der Waals surface area contributed by atoms with Gasteiger partial charge in [-0.05, 0) is 89.2 Å². The highest BCUT2D eigenvalue weighted by molar-refractivity contribution is 6.10. The molecular formula is C52H53N2+. The Morgan fingerprint density at radius 2 is 1.28 bits per heavy atom. The average Bonchev–Trinajstić information content (AvgIpc) is 3.51. The van der Waals surface area contributed by atoms with Crippen molar-refractivity contribution in [3.8, 4) is 0 Å². The molecule has 0 bridgehead atoms. The van der Waals surface area contributed by atoms with Crippen LogP contribution in [0.2, 0.25) is 0 Å². The fraction of sp³-hybridized carbons (Fsp3) is 0.192. The van der Waals surface area contributed by atoms with Crippen molar-refractivity contribution >= 4 is 44.2 Å². The molecular weight excluding hydrogens is 653 g/mol. The quantitative estimate of drug-likeness (QED) is 0.0810. The molecule has 7 aromatic rings. The second-order valence-corrected chi connectivity index (χ2v) is 15.0. The Bertz CT molecular complexity index is 2450. The van der Waals surface area contributed by atoms with Crippen molar-refractivity contribution in [1.82, 2.24) is 4.57 Å². The summed E-state index contributed by atoms with van der Waals surface area (Å²) in [7, 11) is 0. The lowest BCUT2D eigenvalue weighted by molar-refractivity contribution is -0.573. The Morgan fingerprint density at radius 1 is 0.667 bits per heavy atom. The lowest BCUT2D eigenvalue weighted by atomic mass is 9.65. The molecule has 2 heteroatoms. The van der Waals surface area contributed by atoms with Gasteiger partial charge in [0.2, 0.25) is 0 Å². The van der Waals surface area contributed by atoms with E-state index in [1.807, 2.05) is 0 Å². The van der Waals surface area contributed by atoms with Crippen molar-refractivity contribution in [3.05, 3.63) is 204 Å². The zero-order valence-corrected chi connectivity index (χ0v) is 32.1. The first-order chi connectivity index (χ1) is 26.5. The average molecular weight is 706 g/mol. The maximum Gasteiger partial charge on any atom is 0.134 e. The number of rotatable bonds is 15. The molecule has 0 aliphatic rings. The van der Waals surface area contributed by atoms with E-state index in [9.17, 15) is 0 Å². The number of nitrogens with two attached hydrogens (primary N) is 1. The molecule has 0 saturated heterocycles. The minimum atomic E-state index is -0.403. The van der Waals surface area contributed by atoms with Crippen molar-refractivity contribution in [3.63, 3.8) is 0 Å². The van der Waals surface area contributed by atoms with Crippen LogP contribution in [-0.2, 0) is 24.8 Å². The number of allylic oxidation sites excluding steroid dienone is 7. The Kier molecular flexibility index (Phi) is 11.5. The smallest absolute Gasteiger partial charge is 0.134 e. The van der Waals surface area contributed by atoms with Crippen molar-refractivity contribution in [1.29, 1.82) is 0 Å². The molecule has 0 unspecified atom stereocenters. The zero-order valence-electron chi connectivity index (χ0n) is 32.1. The van der Waals surface area contributed by atoms with Crippen LogP contribution < -0.4 is 10.7 Å². The van der Waals surface area contributed by atoms with Gasteiger partial charge < -0.3 is 9.88 Å². The number of nitrogens with zero attached hydrogens (tertiary/aromatic N) is 1. The number of fused-ring (bicyclic) bond motifs is 1. The summed E-state index contributed by atoms with van der Waals surface area (Å²) in [5, 5.41) is 10.2. The monoisotopic (exact) mass is 705 g/mol. The van der Waals surface area contributed by atoms with Crippen molar-refractivity contribution < 1.29 is 5.32 Å². The van der Waals surface area contributed by atoms with Gasteiger partial charge in [-0.3, -0.25) is 0 Å². The summed E-state index contributed by atoms with van der Waals surface area (Å²) in [6.07, 6.45) is 18.0. The van der Waals surface area contributed by atoms with E-state index >= 15 is 0 Å². The summed E-state index contributed by atoms with van der Waals surface area (Å²) in [6, 6.07) is 48.7. The third kappa shape index (κ3) is 7.81. The third-order valence-electron chi connectivity index (χ3n) is 10.9. The highest BCUT2D eigenvalue weighted by atomic mass is 15.0. The fourth-order valence-corrected chi connectivity index (χ4v) is 8.31. The van der Waals surface area contributed by atoms with Gasteiger partial charge in [-0.15, -0.1) is 0 Å². The van der Waals surface area contributed by atoms with E-state index < -0.39 is 5.41 Å². The first-order valence-corrected chi connectivity index (χ1v) is 19.6. The van der Waals surface area contributed by atoms with Gasteiger partial charge in [-0.2, -0.15) is 0 Å². The van der Waals surface area contributed by atoms with E-state index in [0.29, 0.717) is 5.92 Å². The summed E-state index contributed by atoms with van der Waals surface area (Å²) in [6.45, 7) is 13.7. The van der Waals surface area contributed by atoms with Gasteiger partial charge in [-0.25, -0.2) is 0 Å². The molecule has 1 heterocycles. The Morgan fingerprint density at radius 3 is 1.98 bits per heavy atom. The SMILES string of the molecule is C=C(/C=C/C=C/C=C/C=c1\c2cccc3cccc(c32)n1CC)C(Cc1ccccc1)(Cc1ccccc1)c1c([NH2+]CCC(C)C)ccc2ccccc12. The minimum absolute atomic E-state index is 0.403. The lowest BCUT2D eigenvalue weighted by Crippen LogP contribution is -2.79. The molecule has 0 fully saturated rings. The molecule has 0 saturated carbocycles. The highest BCUT2D eigenvalue weighted by Crippen LogP contribution is 2.45.